The zero-order valence-corrected chi connectivity index (χ0v) is 9.20. The van der Waals surface area contributed by atoms with E-state index in [1.807, 2.05) is 0 Å². The van der Waals surface area contributed by atoms with Crippen LogP contribution in [0.25, 0.3) is 0 Å². The lowest BCUT2D eigenvalue weighted by Crippen LogP contribution is -2.37. The van der Waals surface area contributed by atoms with E-state index >= 15 is 0 Å². The van der Waals surface area contributed by atoms with Crippen LogP contribution in [0.3, 0.4) is 0 Å². The molecule has 0 radical (unpaired) electrons. The van der Waals surface area contributed by atoms with E-state index in [9.17, 15) is 9.59 Å². The number of nitrogens with one attached hydrogen (secondary N) is 2. The van der Waals surface area contributed by atoms with Crippen LogP contribution in [0.15, 0.2) is 0 Å². The minimum atomic E-state index is -0.914. The molecule has 0 saturated carbocycles. The number of carbonyl (C=O) groups is 2. The van der Waals surface area contributed by atoms with E-state index in [0.717, 1.165) is 26.1 Å². The van der Waals surface area contributed by atoms with Gasteiger partial charge in [0.05, 0.1) is 6.42 Å². The van der Waals surface area contributed by atoms with Crippen LogP contribution in [-0.4, -0.2) is 43.4 Å². The summed E-state index contributed by atoms with van der Waals surface area (Å²) in [5.41, 5.74) is 0. The third-order valence-corrected chi connectivity index (χ3v) is 2.49. The second-order valence-corrected chi connectivity index (χ2v) is 3.84. The molecule has 1 aliphatic heterocycles. The van der Waals surface area contributed by atoms with E-state index in [-0.39, 0.29) is 19.0 Å². The minimum Gasteiger partial charge on any atom is -0.481 e. The Morgan fingerprint density at radius 3 is 2.69 bits per heavy atom. The number of carboxylic acid groups (broad SMARTS) is 1. The van der Waals surface area contributed by atoms with Crippen LogP contribution in [-0.2, 0) is 9.53 Å². The van der Waals surface area contributed by atoms with Gasteiger partial charge in [-0.05, 0) is 18.8 Å². The van der Waals surface area contributed by atoms with Crippen molar-refractivity contribution >= 4 is 12.0 Å². The molecule has 0 spiro atoms. The standard InChI is InChI=1S/C10H18N2O4/c13-9(14)2-5-12-10(15)11-4-1-8-3-6-16-7-8/h8H,1-7H2,(H,13,14)(H2,11,12,15). The van der Waals surface area contributed by atoms with Gasteiger partial charge in [-0.1, -0.05) is 0 Å². The quantitative estimate of drug-likeness (QED) is 0.607. The molecule has 1 fully saturated rings. The molecular formula is C10H18N2O4. The Morgan fingerprint density at radius 1 is 1.31 bits per heavy atom. The van der Waals surface area contributed by atoms with E-state index in [2.05, 4.69) is 10.6 Å². The summed E-state index contributed by atoms with van der Waals surface area (Å²) in [7, 11) is 0. The Kier molecular flexibility index (Phi) is 5.63. The van der Waals surface area contributed by atoms with E-state index in [1.54, 1.807) is 0 Å². The fourth-order valence-corrected chi connectivity index (χ4v) is 1.55. The van der Waals surface area contributed by atoms with Gasteiger partial charge in [0.1, 0.15) is 0 Å². The second kappa shape index (κ2) is 7.05. The molecule has 1 atom stereocenters. The van der Waals surface area contributed by atoms with Gasteiger partial charge in [0, 0.05) is 26.3 Å². The third kappa shape index (κ3) is 5.55. The largest absolute Gasteiger partial charge is 0.481 e. The molecule has 3 N–H and O–H groups in total. The molecule has 0 bridgehead atoms. The maximum absolute atomic E-state index is 11.2. The van der Waals surface area contributed by atoms with Crippen molar-refractivity contribution < 1.29 is 19.4 Å². The Balaban J connectivity index is 1.95. The summed E-state index contributed by atoms with van der Waals surface area (Å²) in [6.45, 7) is 2.36. The van der Waals surface area contributed by atoms with Gasteiger partial charge in [-0.15, -0.1) is 0 Å². The van der Waals surface area contributed by atoms with Crippen molar-refractivity contribution in [1.29, 1.82) is 0 Å². The smallest absolute Gasteiger partial charge is 0.314 e. The van der Waals surface area contributed by atoms with Crippen molar-refractivity contribution in [2.75, 3.05) is 26.3 Å². The Bertz CT molecular complexity index is 239. The maximum atomic E-state index is 11.2. The van der Waals surface area contributed by atoms with Gasteiger partial charge < -0.3 is 20.5 Å². The van der Waals surface area contributed by atoms with Crippen molar-refractivity contribution in [3.05, 3.63) is 0 Å². The van der Waals surface area contributed by atoms with Crippen LogP contribution in [0.4, 0.5) is 4.79 Å². The summed E-state index contributed by atoms with van der Waals surface area (Å²) in [6, 6.07) is -0.305. The average Bonchev–Trinajstić information content (AvgIpc) is 2.70. The van der Waals surface area contributed by atoms with Crippen molar-refractivity contribution in [2.45, 2.75) is 19.3 Å². The van der Waals surface area contributed by atoms with Crippen LogP contribution in [0, 0.1) is 5.92 Å². The topological polar surface area (TPSA) is 87.7 Å². The number of urea groups is 1. The van der Waals surface area contributed by atoms with Crippen LogP contribution in [0.5, 0.6) is 0 Å². The predicted octanol–water partition coefficient (Wildman–Crippen LogP) is 0.187. The lowest BCUT2D eigenvalue weighted by atomic mass is 10.1. The van der Waals surface area contributed by atoms with E-state index < -0.39 is 5.97 Å². The van der Waals surface area contributed by atoms with E-state index in [1.165, 1.54) is 0 Å². The fourth-order valence-electron chi connectivity index (χ4n) is 1.55. The number of aliphatic carboxylic acids is 1. The number of carboxylic acids is 1. The number of rotatable bonds is 6. The Hall–Kier alpha value is -1.30. The Labute approximate surface area is 94.3 Å². The van der Waals surface area contributed by atoms with Crippen molar-refractivity contribution in [3.8, 4) is 0 Å². The van der Waals surface area contributed by atoms with Gasteiger partial charge in [-0.25, -0.2) is 4.79 Å². The zero-order chi connectivity index (χ0) is 11.8. The van der Waals surface area contributed by atoms with Crippen LogP contribution in [0.2, 0.25) is 0 Å². The molecule has 0 aromatic carbocycles. The maximum Gasteiger partial charge on any atom is 0.314 e. The van der Waals surface area contributed by atoms with E-state index in [0.29, 0.717) is 12.5 Å². The van der Waals surface area contributed by atoms with Crippen molar-refractivity contribution in [1.82, 2.24) is 10.6 Å². The zero-order valence-electron chi connectivity index (χ0n) is 9.20. The number of hydrogen-bond acceptors (Lipinski definition) is 3. The first kappa shape index (κ1) is 12.8. The molecule has 6 nitrogen and oxygen atoms in total. The van der Waals surface area contributed by atoms with Crippen LogP contribution < -0.4 is 10.6 Å². The molecule has 0 aliphatic carbocycles. The number of hydrogen-bond donors (Lipinski definition) is 3. The molecule has 92 valence electrons. The van der Waals surface area contributed by atoms with Gasteiger partial charge in [-0.2, -0.15) is 0 Å². The molecule has 1 aliphatic rings. The van der Waals surface area contributed by atoms with E-state index in [4.69, 9.17) is 9.84 Å². The lowest BCUT2D eigenvalue weighted by Gasteiger charge is -2.09. The molecule has 2 amide bonds. The van der Waals surface area contributed by atoms with Gasteiger partial charge in [-0.3, -0.25) is 4.79 Å². The van der Waals surface area contributed by atoms with Gasteiger partial charge in [0.15, 0.2) is 0 Å². The molecule has 1 rings (SSSR count). The van der Waals surface area contributed by atoms with Crippen molar-refractivity contribution in [2.24, 2.45) is 5.92 Å². The average molecular weight is 230 g/mol. The highest BCUT2D eigenvalue weighted by atomic mass is 16.5. The van der Waals surface area contributed by atoms with Gasteiger partial charge in [0.2, 0.25) is 0 Å². The molecule has 1 saturated heterocycles. The predicted molar refractivity (Wildman–Crippen MR) is 57.2 cm³/mol. The van der Waals surface area contributed by atoms with Gasteiger partial charge >= 0.3 is 12.0 Å². The first-order valence-corrected chi connectivity index (χ1v) is 5.49. The summed E-state index contributed by atoms with van der Waals surface area (Å²) in [5, 5.41) is 13.5. The first-order valence-electron chi connectivity index (χ1n) is 5.49. The molecule has 0 aromatic heterocycles. The molecular weight excluding hydrogens is 212 g/mol. The highest BCUT2D eigenvalue weighted by Crippen LogP contribution is 2.14. The second-order valence-electron chi connectivity index (χ2n) is 3.84. The monoisotopic (exact) mass is 230 g/mol. The van der Waals surface area contributed by atoms with Crippen LogP contribution in [0.1, 0.15) is 19.3 Å². The van der Waals surface area contributed by atoms with Gasteiger partial charge in [0.25, 0.3) is 0 Å². The minimum absolute atomic E-state index is 0.0517. The highest BCUT2D eigenvalue weighted by Gasteiger charge is 2.15. The van der Waals surface area contributed by atoms with Crippen LogP contribution >= 0.6 is 0 Å². The summed E-state index contributed by atoms with van der Waals surface area (Å²) in [6.07, 6.45) is 1.92. The summed E-state index contributed by atoms with van der Waals surface area (Å²) in [5.74, 6) is -0.372. The SMILES string of the molecule is O=C(O)CCNC(=O)NCCC1CCOC1. The number of ether oxygens (including phenoxy) is 1. The molecule has 0 aromatic rings. The first-order chi connectivity index (χ1) is 7.68. The van der Waals surface area contributed by atoms with Crippen molar-refractivity contribution in [3.63, 3.8) is 0 Å². The highest BCUT2D eigenvalue weighted by molar-refractivity contribution is 5.74. The molecule has 1 unspecified atom stereocenters. The Morgan fingerprint density at radius 2 is 2.06 bits per heavy atom. The summed E-state index contributed by atoms with van der Waals surface area (Å²) in [4.78, 5) is 21.3. The number of carbonyl (C=O) groups excluding carboxylic acids is 1. The number of amides is 2. The molecule has 6 heteroatoms. The molecule has 1 heterocycles. The third-order valence-electron chi connectivity index (χ3n) is 2.49. The lowest BCUT2D eigenvalue weighted by molar-refractivity contribution is -0.136. The molecule has 16 heavy (non-hydrogen) atoms. The normalized spacial score (nSPS) is 19.4. The fraction of sp³-hybridized carbons (Fsp3) is 0.800. The summed E-state index contributed by atoms with van der Waals surface area (Å²) < 4.78 is 5.21. The summed E-state index contributed by atoms with van der Waals surface area (Å²) >= 11 is 0.